The molecule has 8 heavy (non-hydrogen) atoms. The van der Waals surface area contributed by atoms with Gasteiger partial charge in [-0.05, 0) is 18.4 Å². The number of allylic oxidation sites excluding steroid dienone is 2. The van der Waals surface area contributed by atoms with E-state index in [4.69, 9.17) is 0 Å². The van der Waals surface area contributed by atoms with E-state index in [1.165, 1.54) is 0 Å². The van der Waals surface area contributed by atoms with E-state index >= 15 is 0 Å². The first-order chi connectivity index (χ1) is 3.85. The molecule has 0 aromatic heterocycles. The van der Waals surface area contributed by atoms with Gasteiger partial charge in [0.25, 0.3) is 0 Å². The van der Waals surface area contributed by atoms with Crippen LogP contribution in [0, 0.1) is 0 Å². The highest BCUT2D eigenvalue weighted by atomic mass is 16.1. The second kappa shape index (κ2) is 4.57. The van der Waals surface area contributed by atoms with Crippen molar-refractivity contribution in [3.05, 3.63) is 11.6 Å². The topological polar surface area (TPSA) is 17.1 Å². The fraction of sp³-hybridized carbons (Fsp3) is 0.571. The first-order valence-corrected chi connectivity index (χ1v) is 2.99. The molecule has 0 rings (SSSR count). The third-order valence-corrected chi connectivity index (χ3v) is 1.03. The van der Waals surface area contributed by atoms with E-state index in [2.05, 4.69) is 0 Å². The third-order valence-electron chi connectivity index (χ3n) is 1.03. The van der Waals surface area contributed by atoms with Crippen LogP contribution in [0.25, 0.3) is 0 Å². The van der Waals surface area contributed by atoms with Gasteiger partial charge in [0, 0.05) is 0 Å². The largest absolute Gasteiger partial charge is 0.298 e. The van der Waals surface area contributed by atoms with Crippen molar-refractivity contribution in [2.75, 3.05) is 0 Å². The van der Waals surface area contributed by atoms with Gasteiger partial charge in [-0.25, -0.2) is 0 Å². The fourth-order valence-electron chi connectivity index (χ4n) is 0.538. The van der Waals surface area contributed by atoms with Crippen molar-refractivity contribution in [3.8, 4) is 0 Å². The van der Waals surface area contributed by atoms with E-state index in [-0.39, 0.29) is 0 Å². The molecule has 0 fully saturated rings. The minimum absolute atomic E-state index is 0.858. The number of rotatable bonds is 3. The van der Waals surface area contributed by atoms with Gasteiger partial charge in [0.2, 0.25) is 0 Å². The Labute approximate surface area is 50.4 Å². The molecule has 0 aromatic carbocycles. The zero-order chi connectivity index (χ0) is 6.41. The van der Waals surface area contributed by atoms with E-state index < -0.39 is 0 Å². The van der Waals surface area contributed by atoms with Crippen molar-refractivity contribution in [2.24, 2.45) is 0 Å². The number of hydrogen-bond acceptors (Lipinski definition) is 1. The van der Waals surface area contributed by atoms with Crippen LogP contribution in [0.1, 0.15) is 26.7 Å². The van der Waals surface area contributed by atoms with Crippen LogP contribution in [0.3, 0.4) is 0 Å². The predicted octanol–water partition coefficient (Wildman–Crippen LogP) is 1.93. The van der Waals surface area contributed by atoms with Crippen molar-refractivity contribution in [1.29, 1.82) is 0 Å². The van der Waals surface area contributed by atoms with E-state index in [1.54, 1.807) is 0 Å². The van der Waals surface area contributed by atoms with E-state index in [0.717, 1.165) is 24.7 Å². The summed E-state index contributed by atoms with van der Waals surface area (Å²) in [6.07, 6.45) is 4.69. The molecular weight excluding hydrogens is 100 g/mol. The zero-order valence-electron chi connectivity index (χ0n) is 5.48. The fourth-order valence-corrected chi connectivity index (χ4v) is 0.538. The maximum Gasteiger partial charge on any atom is 0.145 e. The van der Waals surface area contributed by atoms with Gasteiger partial charge in [-0.1, -0.05) is 19.9 Å². The highest BCUT2D eigenvalue weighted by Gasteiger charge is 1.84. The molecular formula is C7H12O. The highest BCUT2D eigenvalue weighted by molar-refractivity contribution is 5.72. The van der Waals surface area contributed by atoms with Crippen LogP contribution in [0.5, 0.6) is 0 Å². The van der Waals surface area contributed by atoms with Crippen molar-refractivity contribution in [1.82, 2.24) is 0 Å². The lowest BCUT2D eigenvalue weighted by Gasteiger charge is -1.87. The highest BCUT2D eigenvalue weighted by Crippen LogP contribution is 1.96. The number of carbonyl (C=O) groups excluding carboxylic acids is 1. The Morgan fingerprint density at radius 1 is 1.50 bits per heavy atom. The average molecular weight is 112 g/mol. The quantitative estimate of drug-likeness (QED) is 0.402. The van der Waals surface area contributed by atoms with Gasteiger partial charge in [0.15, 0.2) is 0 Å². The summed E-state index contributed by atoms with van der Waals surface area (Å²) in [5.74, 6) is 0. The summed E-state index contributed by atoms with van der Waals surface area (Å²) >= 11 is 0. The molecule has 0 unspecified atom stereocenters. The summed E-state index contributed by atoms with van der Waals surface area (Å²) in [6.45, 7) is 4.01. The van der Waals surface area contributed by atoms with Gasteiger partial charge in [0.05, 0.1) is 0 Å². The first-order valence-electron chi connectivity index (χ1n) is 2.99. The SMILES string of the molecule is CC/C=C(/C=O)CC. The molecule has 0 heterocycles. The lowest BCUT2D eigenvalue weighted by molar-refractivity contribution is -0.105. The Morgan fingerprint density at radius 3 is 2.25 bits per heavy atom. The van der Waals surface area contributed by atoms with Crippen LogP contribution in [-0.4, -0.2) is 6.29 Å². The van der Waals surface area contributed by atoms with Crippen LogP contribution in [-0.2, 0) is 4.79 Å². The van der Waals surface area contributed by atoms with Gasteiger partial charge in [-0.2, -0.15) is 0 Å². The van der Waals surface area contributed by atoms with Gasteiger partial charge in [-0.15, -0.1) is 0 Å². The van der Waals surface area contributed by atoms with E-state index in [1.807, 2.05) is 19.9 Å². The summed E-state index contributed by atoms with van der Waals surface area (Å²) in [5.41, 5.74) is 0.910. The molecule has 46 valence electrons. The first kappa shape index (κ1) is 7.41. The van der Waals surface area contributed by atoms with Gasteiger partial charge in [0.1, 0.15) is 6.29 Å². The molecule has 1 nitrogen and oxygen atoms in total. The summed E-state index contributed by atoms with van der Waals surface area (Å²) in [4.78, 5) is 10.1. The van der Waals surface area contributed by atoms with Crippen molar-refractivity contribution in [2.45, 2.75) is 26.7 Å². The van der Waals surface area contributed by atoms with Crippen LogP contribution in [0.15, 0.2) is 11.6 Å². The Morgan fingerprint density at radius 2 is 2.12 bits per heavy atom. The maximum absolute atomic E-state index is 10.1. The van der Waals surface area contributed by atoms with Crippen LogP contribution in [0.2, 0.25) is 0 Å². The number of hydrogen-bond donors (Lipinski definition) is 0. The van der Waals surface area contributed by atoms with Crippen molar-refractivity contribution >= 4 is 6.29 Å². The van der Waals surface area contributed by atoms with Crippen molar-refractivity contribution < 1.29 is 4.79 Å². The molecule has 0 saturated heterocycles. The molecule has 0 radical (unpaired) electrons. The number of carbonyl (C=O) groups is 1. The summed E-state index contributed by atoms with van der Waals surface area (Å²) in [6, 6.07) is 0. The third kappa shape index (κ3) is 2.56. The van der Waals surface area contributed by atoms with Gasteiger partial charge < -0.3 is 0 Å². The molecule has 0 saturated carbocycles. The normalized spacial score (nSPS) is 11.5. The summed E-state index contributed by atoms with van der Waals surface area (Å²) < 4.78 is 0. The van der Waals surface area contributed by atoms with E-state index in [0.29, 0.717) is 0 Å². The molecule has 0 aliphatic rings. The van der Waals surface area contributed by atoms with E-state index in [9.17, 15) is 4.79 Å². The minimum atomic E-state index is 0.858. The molecule has 0 atom stereocenters. The second-order valence-corrected chi connectivity index (χ2v) is 1.66. The Balaban J connectivity index is 3.66. The molecule has 0 bridgehead atoms. The molecule has 0 amide bonds. The monoisotopic (exact) mass is 112 g/mol. The standard InChI is InChI=1S/C7H12O/c1-3-5-7(4-2)6-8/h5-6H,3-4H2,1-2H3/b7-5+. The zero-order valence-corrected chi connectivity index (χ0v) is 5.48. The lowest BCUT2D eigenvalue weighted by Crippen LogP contribution is -1.79. The smallest absolute Gasteiger partial charge is 0.145 e. The Bertz CT molecular complexity index is 92.6. The van der Waals surface area contributed by atoms with Crippen LogP contribution >= 0.6 is 0 Å². The van der Waals surface area contributed by atoms with Crippen LogP contribution < -0.4 is 0 Å². The lowest BCUT2D eigenvalue weighted by atomic mass is 10.2. The maximum atomic E-state index is 10.1. The molecule has 1 heteroatoms. The second-order valence-electron chi connectivity index (χ2n) is 1.66. The minimum Gasteiger partial charge on any atom is -0.298 e. The predicted molar refractivity (Wildman–Crippen MR) is 34.7 cm³/mol. The number of aldehydes is 1. The van der Waals surface area contributed by atoms with Gasteiger partial charge >= 0.3 is 0 Å². The van der Waals surface area contributed by atoms with Crippen molar-refractivity contribution in [3.63, 3.8) is 0 Å². The molecule has 0 aliphatic carbocycles. The van der Waals surface area contributed by atoms with Crippen LogP contribution in [0.4, 0.5) is 0 Å². The average Bonchev–Trinajstić information content (AvgIpc) is 1.83. The molecule has 0 N–H and O–H groups in total. The van der Waals surface area contributed by atoms with Gasteiger partial charge in [-0.3, -0.25) is 4.79 Å². The Hall–Kier alpha value is -0.590. The molecule has 0 aliphatic heterocycles. The summed E-state index contributed by atoms with van der Waals surface area (Å²) in [7, 11) is 0. The Kier molecular flexibility index (Phi) is 4.23. The summed E-state index contributed by atoms with van der Waals surface area (Å²) in [5, 5.41) is 0. The molecule has 0 spiro atoms. The molecule has 0 aromatic rings.